The lowest BCUT2D eigenvalue weighted by Gasteiger charge is -2.31. The molecule has 5 rings (SSSR count). The number of nitrogen functional groups attached to an aromatic ring is 1. The van der Waals surface area contributed by atoms with Gasteiger partial charge in [-0.15, -0.1) is 0 Å². The second kappa shape index (κ2) is 11.9. The molecule has 1 aromatic carbocycles. The summed E-state index contributed by atoms with van der Waals surface area (Å²) in [5, 5.41) is 13.0. The summed E-state index contributed by atoms with van der Waals surface area (Å²) in [5.41, 5.74) is 6.07. The van der Waals surface area contributed by atoms with Crippen molar-refractivity contribution in [3.8, 4) is 0 Å². The number of nitrogens with one attached hydrogen (secondary N) is 1. The van der Waals surface area contributed by atoms with Crippen LogP contribution in [0.25, 0.3) is 0 Å². The SMILES string of the molecule is Nc1nc(NC2CCN(S(=O)(=O)c3ccc(C4CCC[C@H](CO)C4)nc3)CC2)sc1C(=O)c1c(F)cccc1F. The minimum Gasteiger partial charge on any atom is -0.396 e. The molecule has 1 aliphatic heterocycles. The van der Waals surface area contributed by atoms with Gasteiger partial charge in [0.2, 0.25) is 15.8 Å². The summed E-state index contributed by atoms with van der Waals surface area (Å²) >= 11 is 0.907. The molecular weight excluding hydrogens is 560 g/mol. The molecule has 40 heavy (non-hydrogen) atoms. The van der Waals surface area contributed by atoms with Gasteiger partial charge in [-0.2, -0.15) is 4.31 Å². The third kappa shape index (κ3) is 5.87. The number of halogens is 2. The number of thiazole rings is 1. The number of nitrogens with zero attached hydrogens (tertiary/aromatic N) is 3. The number of anilines is 2. The molecule has 214 valence electrons. The highest BCUT2D eigenvalue weighted by Crippen LogP contribution is 2.36. The summed E-state index contributed by atoms with van der Waals surface area (Å²) in [6.45, 7) is 0.710. The van der Waals surface area contributed by atoms with Gasteiger partial charge >= 0.3 is 0 Å². The third-order valence-corrected chi connectivity index (χ3v) is 10.6. The quantitative estimate of drug-likeness (QED) is 0.332. The molecule has 4 N–H and O–H groups in total. The minimum atomic E-state index is -3.72. The zero-order valence-electron chi connectivity index (χ0n) is 21.7. The number of ketones is 1. The zero-order chi connectivity index (χ0) is 28.4. The topological polar surface area (TPSA) is 139 Å². The molecule has 1 saturated heterocycles. The Labute approximate surface area is 235 Å². The largest absolute Gasteiger partial charge is 0.396 e. The summed E-state index contributed by atoms with van der Waals surface area (Å²) in [4.78, 5) is 21.4. The Kier molecular flexibility index (Phi) is 8.45. The Hall–Kier alpha value is -3.00. The molecule has 2 fully saturated rings. The molecule has 0 bridgehead atoms. The van der Waals surface area contributed by atoms with E-state index in [0.717, 1.165) is 54.8 Å². The maximum atomic E-state index is 14.1. The maximum Gasteiger partial charge on any atom is 0.244 e. The van der Waals surface area contributed by atoms with E-state index >= 15 is 0 Å². The molecule has 9 nitrogen and oxygen atoms in total. The van der Waals surface area contributed by atoms with Gasteiger partial charge in [0, 0.05) is 43.5 Å². The first-order chi connectivity index (χ1) is 19.2. The van der Waals surface area contributed by atoms with Crippen molar-refractivity contribution in [2.45, 2.75) is 55.4 Å². The van der Waals surface area contributed by atoms with Gasteiger partial charge in [-0.1, -0.05) is 23.8 Å². The van der Waals surface area contributed by atoms with Crippen LogP contribution in [-0.2, 0) is 10.0 Å². The van der Waals surface area contributed by atoms with Gasteiger partial charge in [0.15, 0.2) is 5.13 Å². The molecule has 0 amide bonds. The number of aliphatic hydroxyl groups excluding tert-OH is 1. The van der Waals surface area contributed by atoms with Crippen LogP contribution < -0.4 is 11.1 Å². The van der Waals surface area contributed by atoms with Crippen LogP contribution in [0, 0.1) is 17.6 Å². The van der Waals surface area contributed by atoms with E-state index in [0.29, 0.717) is 18.0 Å². The number of aliphatic hydroxyl groups is 1. The van der Waals surface area contributed by atoms with E-state index in [2.05, 4.69) is 15.3 Å². The summed E-state index contributed by atoms with van der Waals surface area (Å²) in [7, 11) is -3.72. The fourth-order valence-electron chi connectivity index (χ4n) is 5.46. The van der Waals surface area contributed by atoms with Crippen molar-refractivity contribution in [3.63, 3.8) is 0 Å². The molecule has 13 heteroatoms. The van der Waals surface area contributed by atoms with Gasteiger partial charge in [-0.05, 0) is 62.3 Å². The van der Waals surface area contributed by atoms with E-state index < -0.39 is 33.0 Å². The van der Waals surface area contributed by atoms with Crippen LogP contribution in [0.1, 0.15) is 65.4 Å². The monoisotopic (exact) mass is 591 g/mol. The molecular formula is C27H31F2N5O4S2. The van der Waals surface area contributed by atoms with Crippen molar-refractivity contribution < 1.29 is 27.1 Å². The smallest absolute Gasteiger partial charge is 0.244 e. The summed E-state index contributed by atoms with van der Waals surface area (Å²) in [6, 6.07) is 6.45. The van der Waals surface area contributed by atoms with Gasteiger partial charge in [-0.25, -0.2) is 22.2 Å². The van der Waals surface area contributed by atoms with Gasteiger partial charge in [0.25, 0.3) is 0 Å². The van der Waals surface area contributed by atoms with Crippen LogP contribution in [0.2, 0.25) is 0 Å². The van der Waals surface area contributed by atoms with Crippen LogP contribution in [0.3, 0.4) is 0 Å². The minimum absolute atomic E-state index is 0.0671. The highest BCUT2D eigenvalue weighted by Gasteiger charge is 2.31. The Morgan fingerprint density at radius 3 is 2.50 bits per heavy atom. The second-order valence-corrected chi connectivity index (χ2v) is 13.2. The molecule has 1 aliphatic carbocycles. The Morgan fingerprint density at radius 2 is 1.85 bits per heavy atom. The Bertz CT molecular complexity index is 1450. The molecule has 1 saturated carbocycles. The number of hydrogen-bond donors (Lipinski definition) is 3. The average Bonchev–Trinajstić information content (AvgIpc) is 3.33. The first-order valence-electron chi connectivity index (χ1n) is 13.3. The number of benzene rings is 1. The number of hydrogen-bond acceptors (Lipinski definition) is 9. The third-order valence-electron chi connectivity index (χ3n) is 7.69. The van der Waals surface area contributed by atoms with Crippen molar-refractivity contribution in [1.29, 1.82) is 0 Å². The predicted octanol–water partition coefficient (Wildman–Crippen LogP) is 4.16. The predicted molar refractivity (Wildman–Crippen MR) is 148 cm³/mol. The molecule has 3 aromatic rings. The fourth-order valence-corrected chi connectivity index (χ4v) is 7.78. The van der Waals surface area contributed by atoms with E-state index in [9.17, 15) is 27.1 Å². The summed E-state index contributed by atoms with van der Waals surface area (Å²) in [5.74, 6) is -2.47. The molecule has 2 aliphatic rings. The van der Waals surface area contributed by atoms with Crippen molar-refractivity contribution in [3.05, 3.63) is 64.3 Å². The Balaban J connectivity index is 1.19. The van der Waals surface area contributed by atoms with Crippen molar-refractivity contribution in [2.24, 2.45) is 5.92 Å². The van der Waals surface area contributed by atoms with E-state index in [1.807, 2.05) is 0 Å². The van der Waals surface area contributed by atoms with Crippen molar-refractivity contribution in [2.75, 3.05) is 30.7 Å². The molecule has 3 heterocycles. The maximum absolute atomic E-state index is 14.1. The lowest BCUT2D eigenvalue weighted by Crippen LogP contribution is -2.42. The molecule has 1 unspecified atom stereocenters. The van der Waals surface area contributed by atoms with E-state index in [4.69, 9.17) is 5.73 Å². The van der Waals surface area contributed by atoms with Gasteiger partial charge in [-0.3, -0.25) is 9.78 Å². The number of aromatic nitrogens is 2. The number of carbonyl (C=O) groups excluding carboxylic acids is 1. The van der Waals surface area contributed by atoms with Crippen LogP contribution in [-0.4, -0.2) is 59.3 Å². The van der Waals surface area contributed by atoms with E-state index in [1.54, 1.807) is 12.1 Å². The molecule has 0 radical (unpaired) electrons. The summed E-state index contributed by atoms with van der Waals surface area (Å²) < 4.78 is 56.1. The summed E-state index contributed by atoms with van der Waals surface area (Å²) in [6.07, 6.45) is 6.27. The average molecular weight is 592 g/mol. The lowest BCUT2D eigenvalue weighted by atomic mass is 9.80. The molecule has 2 aromatic heterocycles. The van der Waals surface area contributed by atoms with Crippen LogP contribution in [0.5, 0.6) is 0 Å². The highest BCUT2D eigenvalue weighted by molar-refractivity contribution is 7.89. The normalized spacial score (nSPS) is 20.9. The van der Waals surface area contributed by atoms with Gasteiger partial charge in [0.1, 0.15) is 27.2 Å². The lowest BCUT2D eigenvalue weighted by molar-refractivity contribution is 0.103. The van der Waals surface area contributed by atoms with Crippen LogP contribution in [0.15, 0.2) is 41.4 Å². The van der Waals surface area contributed by atoms with E-state index in [-0.39, 0.29) is 53.2 Å². The number of nitrogens with two attached hydrogens (primary N) is 1. The standard InChI is InChI=1S/C27H31F2N5O4S2/c28-20-5-2-6-21(29)23(20)24(36)25-26(30)33-27(39-25)32-18-9-11-34(12-10-18)40(37,38)19-7-8-22(31-14-19)17-4-1-3-16(13-17)15-35/h2,5-8,14,16-18,35H,1,3-4,9-13,15,30H2,(H,32,33)/t16-,17?/m0/s1. The van der Waals surface area contributed by atoms with Crippen LogP contribution in [0.4, 0.5) is 19.7 Å². The molecule has 0 spiro atoms. The number of carbonyl (C=O) groups is 1. The second-order valence-electron chi connectivity index (χ2n) is 10.3. The Morgan fingerprint density at radius 1 is 1.12 bits per heavy atom. The first kappa shape index (κ1) is 28.5. The van der Waals surface area contributed by atoms with Gasteiger partial charge in [0.05, 0.1) is 5.56 Å². The zero-order valence-corrected chi connectivity index (χ0v) is 23.4. The number of rotatable bonds is 8. The van der Waals surface area contributed by atoms with Crippen molar-refractivity contribution >= 4 is 38.1 Å². The van der Waals surface area contributed by atoms with E-state index in [1.165, 1.54) is 16.6 Å². The van der Waals surface area contributed by atoms with Crippen LogP contribution >= 0.6 is 11.3 Å². The molecule has 2 atom stereocenters. The number of pyridine rings is 1. The van der Waals surface area contributed by atoms with Crippen molar-refractivity contribution in [1.82, 2.24) is 14.3 Å². The fraction of sp³-hybridized carbons (Fsp3) is 0.444. The van der Waals surface area contributed by atoms with Gasteiger partial charge < -0.3 is 16.2 Å². The highest BCUT2D eigenvalue weighted by atomic mass is 32.2. The number of sulfonamides is 1. The first-order valence-corrected chi connectivity index (χ1v) is 15.5. The number of piperidine rings is 1.